The van der Waals surface area contributed by atoms with Gasteiger partial charge in [0.2, 0.25) is 0 Å². The summed E-state index contributed by atoms with van der Waals surface area (Å²) in [6.07, 6.45) is 3.81. The van der Waals surface area contributed by atoms with E-state index in [4.69, 9.17) is 10.2 Å². The van der Waals surface area contributed by atoms with Crippen molar-refractivity contribution in [3.05, 3.63) is 70.6 Å². The van der Waals surface area contributed by atoms with Crippen LogP contribution in [0.1, 0.15) is 16.0 Å². The second kappa shape index (κ2) is 6.51. The molecule has 1 aliphatic carbocycles. The summed E-state index contributed by atoms with van der Waals surface area (Å²) in [4.78, 5) is 17.1. The second-order valence-electron chi connectivity index (χ2n) is 5.68. The maximum absolute atomic E-state index is 11.1. The molecule has 0 bridgehead atoms. The SMILES string of the molecule is O=C(/C=C/c1ccc2c(c1)Cc1sc(Nc3ccccc3)nc1-2)NO. The van der Waals surface area contributed by atoms with Gasteiger partial charge in [0.15, 0.2) is 5.13 Å². The highest BCUT2D eigenvalue weighted by molar-refractivity contribution is 7.16. The third-order valence-electron chi connectivity index (χ3n) is 4.00. The molecule has 1 aromatic heterocycles. The minimum atomic E-state index is -0.544. The van der Waals surface area contributed by atoms with Crippen molar-refractivity contribution in [3.8, 4) is 11.3 Å². The minimum Gasteiger partial charge on any atom is -0.332 e. The van der Waals surface area contributed by atoms with E-state index in [0.717, 1.165) is 34.1 Å². The molecular formula is C19H15N3O2S. The standard InChI is InChI=1S/C19H15N3O2S/c23-17(22-24)9-7-12-6-8-15-13(10-12)11-16-18(15)21-19(25-16)20-14-4-2-1-3-5-14/h1-10,24H,11H2,(H,20,21)(H,22,23)/b9-7+. The van der Waals surface area contributed by atoms with Crippen molar-refractivity contribution < 1.29 is 10.0 Å². The van der Waals surface area contributed by atoms with Gasteiger partial charge < -0.3 is 5.32 Å². The molecule has 1 heterocycles. The van der Waals surface area contributed by atoms with Crippen LogP contribution in [0.5, 0.6) is 0 Å². The molecule has 0 saturated heterocycles. The van der Waals surface area contributed by atoms with Crippen molar-refractivity contribution in [1.29, 1.82) is 0 Å². The number of nitrogens with one attached hydrogen (secondary N) is 2. The first-order valence-electron chi connectivity index (χ1n) is 7.80. The first-order chi connectivity index (χ1) is 12.2. The fourth-order valence-corrected chi connectivity index (χ4v) is 3.88. The van der Waals surface area contributed by atoms with Gasteiger partial charge in [0.05, 0.1) is 5.69 Å². The molecule has 0 unspecified atom stereocenters. The molecule has 0 spiro atoms. The van der Waals surface area contributed by atoms with Crippen molar-refractivity contribution >= 4 is 34.1 Å². The minimum absolute atomic E-state index is 0.544. The van der Waals surface area contributed by atoms with Gasteiger partial charge in [0.1, 0.15) is 0 Å². The van der Waals surface area contributed by atoms with Crippen LogP contribution in [0, 0.1) is 0 Å². The highest BCUT2D eigenvalue weighted by atomic mass is 32.1. The molecule has 0 atom stereocenters. The van der Waals surface area contributed by atoms with Gasteiger partial charge in [0, 0.05) is 28.6 Å². The van der Waals surface area contributed by atoms with Gasteiger partial charge in [-0.15, -0.1) is 11.3 Å². The van der Waals surface area contributed by atoms with Crippen LogP contribution in [0.15, 0.2) is 54.6 Å². The summed E-state index contributed by atoms with van der Waals surface area (Å²) in [7, 11) is 0. The average molecular weight is 349 g/mol. The molecule has 124 valence electrons. The van der Waals surface area contributed by atoms with Gasteiger partial charge in [0.25, 0.3) is 5.91 Å². The van der Waals surface area contributed by atoms with E-state index in [0.29, 0.717) is 0 Å². The highest BCUT2D eigenvalue weighted by Crippen LogP contribution is 2.42. The normalized spacial score (nSPS) is 12.0. The number of anilines is 2. The smallest absolute Gasteiger partial charge is 0.267 e. The Bertz CT molecular complexity index is 964. The summed E-state index contributed by atoms with van der Waals surface area (Å²) in [6, 6.07) is 16.0. The van der Waals surface area contributed by atoms with Crippen molar-refractivity contribution in [2.75, 3.05) is 5.32 Å². The molecule has 0 aliphatic heterocycles. The maximum Gasteiger partial charge on any atom is 0.267 e. The number of hydrogen-bond donors (Lipinski definition) is 3. The molecule has 1 aliphatic rings. The molecule has 25 heavy (non-hydrogen) atoms. The van der Waals surface area contributed by atoms with Crippen LogP contribution >= 0.6 is 11.3 Å². The van der Waals surface area contributed by atoms with Gasteiger partial charge >= 0.3 is 0 Å². The fraction of sp³-hybridized carbons (Fsp3) is 0.0526. The molecule has 1 amide bonds. The predicted octanol–water partition coefficient (Wildman–Crippen LogP) is 3.98. The molecule has 4 rings (SSSR count). The first kappa shape index (κ1) is 15.6. The lowest BCUT2D eigenvalue weighted by Gasteiger charge is -2.03. The van der Waals surface area contributed by atoms with E-state index in [1.54, 1.807) is 22.9 Å². The fourth-order valence-electron chi connectivity index (χ4n) is 2.86. The summed E-state index contributed by atoms with van der Waals surface area (Å²) in [5, 5.41) is 12.8. The van der Waals surface area contributed by atoms with Gasteiger partial charge in [-0.3, -0.25) is 10.0 Å². The maximum atomic E-state index is 11.1. The lowest BCUT2D eigenvalue weighted by molar-refractivity contribution is -0.124. The molecule has 6 heteroatoms. The number of carbonyl (C=O) groups is 1. The molecule has 5 nitrogen and oxygen atoms in total. The molecule has 2 aromatic carbocycles. The lowest BCUT2D eigenvalue weighted by atomic mass is 10.1. The Morgan fingerprint density at radius 2 is 2.04 bits per heavy atom. The molecule has 3 aromatic rings. The van der Waals surface area contributed by atoms with E-state index in [1.807, 2.05) is 42.5 Å². The van der Waals surface area contributed by atoms with E-state index in [1.165, 1.54) is 16.5 Å². The van der Waals surface area contributed by atoms with Gasteiger partial charge in [-0.2, -0.15) is 0 Å². The zero-order valence-corrected chi connectivity index (χ0v) is 14.0. The molecule has 3 N–H and O–H groups in total. The number of hydroxylamine groups is 1. The van der Waals surface area contributed by atoms with E-state index in [9.17, 15) is 4.79 Å². The lowest BCUT2D eigenvalue weighted by Crippen LogP contribution is -2.14. The number of benzene rings is 2. The average Bonchev–Trinajstić information content (AvgIpc) is 3.17. The van der Waals surface area contributed by atoms with Crippen LogP contribution in [-0.4, -0.2) is 16.1 Å². The summed E-state index contributed by atoms with van der Waals surface area (Å²) < 4.78 is 0. The van der Waals surface area contributed by atoms with Gasteiger partial charge in [-0.05, 0) is 29.3 Å². The number of carbonyl (C=O) groups excluding carboxylic acids is 1. The summed E-state index contributed by atoms with van der Waals surface area (Å²) in [5.41, 5.74) is 6.89. The number of para-hydroxylation sites is 1. The van der Waals surface area contributed by atoms with Gasteiger partial charge in [-0.25, -0.2) is 10.5 Å². The highest BCUT2D eigenvalue weighted by Gasteiger charge is 2.23. The first-order valence-corrected chi connectivity index (χ1v) is 8.62. The van der Waals surface area contributed by atoms with Crippen LogP contribution in [0.3, 0.4) is 0 Å². The second-order valence-corrected chi connectivity index (χ2v) is 6.77. The summed E-state index contributed by atoms with van der Waals surface area (Å²) >= 11 is 1.66. The Morgan fingerprint density at radius 1 is 1.20 bits per heavy atom. The van der Waals surface area contributed by atoms with E-state index in [-0.39, 0.29) is 0 Å². The van der Waals surface area contributed by atoms with Crippen LogP contribution < -0.4 is 10.8 Å². The van der Waals surface area contributed by atoms with Crippen molar-refractivity contribution in [2.24, 2.45) is 0 Å². The van der Waals surface area contributed by atoms with Crippen molar-refractivity contribution in [3.63, 3.8) is 0 Å². The Morgan fingerprint density at radius 3 is 2.84 bits per heavy atom. The van der Waals surface area contributed by atoms with E-state index in [2.05, 4.69) is 11.4 Å². The summed E-state index contributed by atoms with van der Waals surface area (Å²) in [6.45, 7) is 0. The quantitative estimate of drug-likeness (QED) is 0.296. The Hall–Kier alpha value is -2.96. The number of nitrogens with zero attached hydrogens (tertiary/aromatic N) is 1. The molecular weight excluding hydrogens is 334 g/mol. The van der Waals surface area contributed by atoms with Crippen LogP contribution in [0.4, 0.5) is 10.8 Å². The topological polar surface area (TPSA) is 74.2 Å². The Balaban J connectivity index is 1.57. The monoisotopic (exact) mass is 349 g/mol. The Kier molecular flexibility index (Phi) is 4.05. The van der Waals surface area contributed by atoms with Crippen LogP contribution in [0.2, 0.25) is 0 Å². The zero-order chi connectivity index (χ0) is 17.2. The predicted molar refractivity (Wildman–Crippen MR) is 99.0 cm³/mol. The largest absolute Gasteiger partial charge is 0.332 e. The third kappa shape index (κ3) is 3.17. The van der Waals surface area contributed by atoms with Crippen LogP contribution in [0.25, 0.3) is 17.3 Å². The molecule has 0 radical (unpaired) electrons. The number of fused-ring (bicyclic) bond motifs is 3. The number of amides is 1. The summed E-state index contributed by atoms with van der Waals surface area (Å²) in [5.74, 6) is -0.544. The molecule has 0 saturated carbocycles. The molecule has 0 fully saturated rings. The number of hydrogen-bond acceptors (Lipinski definition) is 5. The van der Waals surface area contributed by atoms with E-state index < -0.39 is 5.91 Å². The number of thiazole rings is 1. The van der Waals surface area contributed by atoms with Crippen molar-refractivity contribution in [2.45, 2.75) is 6.42 Å². The Labute approximate surface area is 148 Å². The van der Waals surface area contributed by atoms with E-state index >= 15 is 0 Å². The van der Waals surface area contributed by atoms with Gasteiger partial charge in [-0.1, -0.05) is 36.4 Å². The number of aromatic nitrogens is 1. The third-order valence-corrected chi connectivity index (χ3v) is 4.97. The van der Waals surface area contributed by atoms with Crippen LogP contribution in [-0.2, 0) is 11.2 Å². The number of rotatable bonds is 4. The van der Waals surface area contributed by atoms with Crippen molar-refractivity contribution in [1.82, 2.24) is 10.5 Å². The zero-order valence-electron chi connectivity index (χ0n) is 13.2.